The van der Waals surface area contributed by atoms with Crippen LogP contribution in [0.4, 0.5) is 0 Å². The van der Waals surface area contributed by atoms with E-state index < -0.39 is 13.1 Å². The first-order chi connectivity index (χ1) is 11.1. The van der Waals surface area contributed by atoms with Crippen molar-refractivity contribution in [2.24, 2.45) is 5.73 Å². The number of carboxylic acids is 1. The number of nitrogens with two attached hydrogens (primary N) is 1. The van der Waals surface area contributed by atoms with E-state index in [1.165, 1.54) is 0 Å². The molecule has 3 aliphatic rings. The molecule has 1 saturated carbocycles. The van der Waals surface area contributed by atoms with E-state index in [2.05, 4.69) is 4.90 Å². The van der Waals surface area contributed by atoms with E-state index >= 15 is 0 Å². The molecule has 1 saturated heterocycles. The molecule has 1 aromatic carbocycles. The van der Waals surface area contributed by atoms with Crippen LogP contribution in [0, 0.1) is 0 Å². The molecule has 2 atom stereocenters. The highest BCUT2D eigenvalue weighted by molar-refractivity contribution is 6.48. The van der Waals surface area contributed by atoms with Crippen molar-refractivity contribution in [3.05, 3.63) is 23.3 Å². The molecule has 4 rings (SSSR count). The Morgan fingerprint density at radius 1 is 1.48 bits per heavy atom. The predicted molar refractivity (Wildman–Crippen MR) is 83.0 cm³/mol. The minimum atomic E-state index is -1.10. The number of aromatic carboxylic acids is 1. The second kappa shape index (κ2) is 5.40. The van der Waals surface area contributed by atoms with Gasteiger partial charge in [-0.1, -0.05) is 6.07 Å². The van der Waals surface area contributed by atoms with Crippen LogP contribution in [-0.2, 0) is 0 Å². The van der Waals surface area contributed by atoms with Crippen molar-refractivity contribution < 1.29 is 24.3 Å². The van der Waals surface area contributed by atoms with Gasteiger partial charge in [-0.3, -0.25) is 4.90 Å². The van der Waals surface area contributed by atoms with Gasteiger partial charge in [-0.05, 0) is 24.0 Å². The van der Waals surface area contributed by atoms with Gasteiger partial charge in [-0.25, -0.2) is 4.79 Å². The van der Waals surface area contributed by atoms with Crippen LogP contribution < -0.4 is 15.1 Å². The number of carbonyl (C=O) groups is 1. The van der Waals surface area contributed by atoms with E-state index in [1.54, 1.807) is 6.07 Å². The van der Waals surface area contributed by atoms with Crippen molar-refractivity contribution in [3.63, 3.8) is 0 Å². The number of carboxylic acid groups (broad SMARTS) is 1. The lowest BCUT2D eigenvalue weighted by atomic mass is 9.77. The zero-order chi connectivity index (χ0) is 16.1. The fourth-order valence-corrected chi connectivity index (χ4v) is 3.54. The average molecular weight is 318 g/mol. The minimum Gasteiger partial charge on any atom is -0.535 e. The molecular formula is C15H19BN2O5. The Morgan fingerprint density at radius 3 is 2.96 bits per heavy atom. The van der Waals surface area contributed by atoms with Gasteiger partial charge in [0.05, 0.1) is 0 Å². The van der Waals surface area contributed by atoms with Crippen LogP contribution in [0.25, 0.3) is 0 Å². The summed E-state index contributed by atoms with van der Waals surface area (Å²) in [6.07, 6.45) is 0.796. The van der Waals surface area contributed by atoms with Crippen LogP contribution in [0.1, 0.15) is 28.3 Å². The van der Waals surface area contributed by atoms with Crippen LogP contribution in [0.2, 0.25) is 5.82 Å². The highest BCUT2D eigenvalue weighted by atomic mass is 16.5. The number of hydrogen-bond donors (Lipinski definition) is 3. The molecule has 2 heterocycles. The SMILES string of the molecule is NCCN1CC(Oc2ccc3c(c2C(=O)O)OB(O)[C@@H]2C[C@H]32)C1. The van der Waals surface area contributed by atoms with Crippen LogP contribution in [0.3, 0.4) is 0 Å². The topological polar surface area (TPSA) is 105 Å². The van der Waals surface area contributed by atoms with Gasteiger partial charge in [-0.15, -0.1) is 0 Å². The van der Waals surface area contributed by atoms with Gasteiger partial charge in [0.25, 0.3) is 0 Å². The summed E-state index contributed by atoms with van der Waals surface area (Å²) in [6, 6.07) is 3.58. The number of benzene rings is 1. The third kappa shape index (κ3) is 2.47. The quantitative estimate of drug-likeness (QED) is 0.663. The third-order valence-corrected chi connectivity index (χ3v) is 4.87. The van der Waals surface area contributed by atoms with Crippen LogP contribution >= 0.6 is 0 Å². The molecule has 1 aliphatic carbocycles. The van der Waals surface area contributed by atoms with E-state index in [0.29, 0.717) is 12.3 Å². The molecule has 0 unspecified atom stereocenters. The van der Waals surface area contributed by atoms with E-state index in [-0.39, 0.29) is 29.2 Å². The number of nitrogens with zero attached hydrogens (tertiary/aromatic N) is 1. The second-order valence-corrected chi connectivity index (χ2v) is 6.46. The van der Waals surface area contributed by atoms with Gasteiger partial charge >= 0.3 is 13.1 Å². The summed E-state index contributed by atoms with van der Waals surface area (Å²) >= 11 is 0. The van der Waals surface area contributed by atoms with Gasteiger partial charge in [0, 0.05) is 32.0 Å². The second-order valence-electron chi connectivity index (χ2n) is 6.46. The molecule has 2 aliphatic heterocycles. The molecule has 7 nitrogen and oxygen atoms in total. The number of hydrogen-bond acceptors (Lipinski definition) is 6. The number of fused-ring (bicyclic) bond motifs is 3. The van der Waals surface area contributed by atoms with E-state index in [4.69, 9.17) is 15.1 Å². The monoisotopic (exact) mass is 318 g/mol. The van der Waals surface area contributed by atoms with Gasteiger partial charge in [0.1, 0.15) is 23.2 Å². The van der Waals surface area contributed by atoms with Gasteiger partial charge in [-0.2, -0.15) is 0 Å². The van der Waals surface area contributed by atoms with E-state index in [9.17, 15) is 14.9 Å². The van der Waals surface area contributed by atoms with Crippen molar-refractivity contribution in [2.45, 2.75) is 24.3 Å². The summed E-state index contributed by atoms with van der Waals surface area (Å²) in [5, 5.41) is 19.5. The first kappa shape index (κ1) is 14.8. The summed E-state index contributed by atoms with van der Waals surface area (Å²) in [5.74, 6) is -0.238. The van der Waals surface area contributed by atoms with Crippen molar-refractivity contribution in [1.82, 2.24) is 4.90 Å². The fourth-order valence-electron chi connectivity index (χ4n) is 3.54. The maximum atomic E-state index is 11.7. The molecule has 1 aromatic rings. The summed E-state index contributed by atoms with van der Waals surface area (Å²) < 4.78 is 11.3. The highest BCUT2D eigenvalue weighted by Crippen LogP contribution is 2.60. The molecule has 0 bridgehead atoms. The van der Waals surface area contributed by atoms with Crippen molar-refractivity contribution >= 4 is 13.1 Å². The molecule has 122 valence electrons. The fraction of sp³-hybridized carbons (Fsp3) is 0.533. The molecule has 4 N–H and O–H groups in total. The molecule has 0 spiro atoms. The minimum absolute atomic E-state index is 0.0178. The Hall–Kier alpha value is -1.77. The normalized spacial score (nSPS) is 25.9. The number of rotatable bonds is 5. The maximum Gasteiger partial charge on any atom is 0.526 e. The summed E-state index contributed by atoms with van der Waals surface area (Å²) in [7, 11) is -0.926. The van der Waals surface area contributed by atoms with Gasteiger partial charge < -0.3 is 25.3 Å². The van der Waals surface area contributed by atoms with E-state index in [1.807, 2.05) is 6.07 Å². The lowest BCUT2D eigenvalue weighted by Gasteiger charge is -2.39. The van der Waals surface area contributed by atoms with Crippen molar-refractivity contribution in [3.8, 4) is 11.5 Å². The van der Waals surface area contributed by atoms with Gasteiger partial charge in [0.15, 0.2) is 0 Å². The van der Waals surface area contributed by atoms with Gasteiger partial charge in [0.2, 0.25) is 0 Å². The first-order valence-electron chi connectivity index (χ1n) is 7.92. The van der Waals surface area contributed by atoms with Crippen LogP contribution in [0.5, 0.6) is 11.5 Å². The lowest BCUT2D eigenvalue weighted by Crippen LogP contribution is -2.55. The van der Waals surface area contributed by atoms with Crippen molar-refractivity contribution in [1.29, 1.82) is 0 Å². The largest absolute Gasteiger partial charge is 0.535 e. The predicted octanol–water partition coefficient (Wildman–Crippen LogP) is 0.137. The third-order valence-electron chi connectivity index (χ3n) is 4.87. The average Bonchev–Trinajstić information content (AvgIpc) is 3.25. The summed E-state index contributed by atoms with van der Waals surface area (Å²) in [6.45, 7) is 2.89. The van der Waals surface area contributed by atoms with E-state index in [0.717, 1.165) is 31.6 Å². The zero-order valence-corrected chi connectivity index (χ0v) is 12.6. The molecule has 23 heavy (non-hydrogen) atoms. The lowest BCUT2D eigenvalue weighted by molar-refractivity contribution is 0.0210. The first-order valence-corrected chi connectivity index (χ1v) is 7.92. The molecule has 0 aromatic heterocycles. The zero-order valence-electron chi connectivity index (χ0n) is 12.6. The Labute approximate surface area is 134 Å². The Bertz CT molecular complexity index is 649. The van der Waals surface area contributed by atoms with Crippen LogP contribution in [0.15, 0.2) is 12.1 Å². The number of likely N-dealkylation sites (tertiary alicyclic amines) is 1. The van der Waals surface area contributed by atoms with Crippen molar-refractivity contribution in [2.75, 3.05) is 26.2 Å². The number of ether oxygens (including phenoxy) is 1. The molecule has 0 amide bonds. The Kier molecular flexibility index (Phi) is 3.48. The summed E-state index contributed by atoms with van der Waals surface area (Å²) in [4.78, 5) is 13.9. The molecular weight excluding hydrogens is 299 g/mol. The standard InChI is InChI=1S/C15H19BN2O5/c17-3-4-18-6-8(7-18)22-12-2-1-9-10-5-11(10)16(21)23-14(9)13(12)15(19)20/h1-2,8,10-11,21H,3-7,17H2,(H,19,20)/t10-,11-/m1/s1. The molecule has 8 heteroatoms. The Balaban J connectivity index is 1.58. The van der Waals surface area contributed by atoms with Crippen LogP contribution in [-0.4, -0.2) is 60.4 Å². The highest BCUT2D eigenvalue weighted by Gasteiger charge is 2.54. The summed E-state index contributed by atoms with van der Waals surface area (Å²) in [5.41, 5.74) is 6.39. The molecule has 0 radical (unpaired) electrons. The maximum absolute atomic E-state index is 11.7. The molecule has 2 fully saturated rings. The Morgan fingerprint density at radius 2 is 2.26 bits per heavy atom. The smallest absolute Gasteiger partial charge is 0.526 e.